The van der Waals surface area contributed by atoms with E-state index in [0.717, 1.165) is 6.42 Å². The van der Waals surface area contributed by atoms with Gasteiger partial charge in [-0.1, -0.05) is 42.8 Å². The van der Waals surface area contributed by atoms with Crippen molar-refractivity contribution < 1.29 is 9.53 Å². The molecule has 0 spiro atoms. The smallest absolute Gasteiger partial charge is 0.334 e. The Bertz CT molecular complexity index is 185. The number of carbonyl (C=O) groups excluding carboxylic acids is 1. The molecule has 0 atom stereocenters. The number of hydrogen-bond acceptors (Lipinski definition) is 2. The molecule has 0 radical (unpaired) electrons. The highest BCUT2D eigenvalue weighted by Crippen LogP contribution is 2.05. The highest BCUT2D eigenvalue weighted by Gasteiger charge is 2.09. The zero-order chi connectivity index (χ0) is 10.3. The van der Waals surface area contributed by atoms with E-state index in [1.807, 2.05) is 26.8 Å². The molecular weight excluding hydrogens is 232 g/mol. The average Bonchev–Trinajstić information content (AvgIpc) is 2.10. The highest BCUT2D eigenvalue weighted by molar-refractivity contribution is 9.09. The monoisotopic (exact) mass is 248 g/mol. The first kappa shape index (κ1) is 12.7. The maximum absolute atomic E-state index is 11.3. The number of ether oxygens (including phenoxy) is 1. The van der Waals surface area contributed by atoms with E-state index in [9.17, 15) is 4.79 Å². The Hall–Kier alpha value is -0.310. The van der Waals surface area contributed by atoms with Gasteiger partial charge in [0.1, 0.15) is 0 Å². The molecule has 0 saturated carbocycles. The number of hydrogen-bond donors (Lipinski definition) is 0. The van der Waals surface area contributed by atoms with Crippen molar-refractivity contribution in [2.75, 3.05) is 11.9 Å². The van der Waals surface area contributed by atoms with Gasteiger partial charge in [0.05, 0.1) is 6.61 Å². The van der Waals surface area contributed by atoms with Crippen molar-refractivity contribution in [3.63, 3.8) is 0 Å². The van der Waals surface area contributed by atoms with Crippen LogP contribution in [0.15, 0.2) is 11.6 Å². The first-order chi connectivity index (χ1) is 6.11. The molecule has 13 heavy (non-hydrogen) atoms. The number of esters is 1. The number of alkyl halides is 1. The van der Waals surface area contributed by atoms with Gasteiger partial charge in [-0.3, -0.25) is 0 Å². The highest BCUT2D eigenvalue weighted by atomic mass is 79.9. The van der Waals surface area contributed by atoms with Crippen LogP contribution in [0.25, 0.3) is 0 Å². The molecular formula is C10H17BrO2. The van der Waals surface area contributed by atoms with Gasteiger partial charge in [-0.05, 0) is 12.3 Å². The van der Waals surface area contributed by atoms with E-state index in [-0.39, 0.29) is 5.97 Å². The zero-order valence-corrected chi connectivity index (χ0v) is 10.1. The summed E-state index contributed by atoms with van der Waals surface area (Å²) in [6.07, 6.45) is 2.75. The second-order valence-corrected chi connectivity index (χ2v) is 3.82. The summed E-state index contributed by atoms with van der Waals surface area (Å²) in [5, 5.41) is 0.567. The van der Waals surface area contributed by atoms with Gasteiger partial charge in [0.15, 0.2) is 0 Å². The van der Waals surface area contributed by atoms with Crippen molar-refractivity contribution in [1.82, 2.24) is 0 Å². The molecule has 3 heteroatoms. The van der Waals surface area contributed by atoms with Gasteiger partial charge < -0.3 is 4.74 Å². The van der Waals surface area contributed by atoms with Crippen molar-refractivity contribution in [1.29, 1.82) is 0 Å². The molecule has 76 valence electrons. The molecule has 0 unspecified atom stereocenters. The summed E-state index contributed by atoms with van der Waals surface area (Å²) in [4.78, 5) is 11.3. The topological polar surface area (TPSA) is 26.3 Å². The molecule has 0 aliphatic rings. The van der Waals surface area contributed by atoms with Crippen LogP contribution in [0.3, 0.4) is 0 Å². The third-order valence-electron chi connectivity index (χ3n) is 1.40. The van der Waals surface area contributed by atoms with Crippen LogP contribution >= 0.6 is 15.9 Å². The predicted molar refractivity (Wildman–Crippen MR) is 58.0 cm³/mol. The molecule has 0 aromatic carbocycles. The standard InChI is InChI=1S/C10H17BrO2/c1-4-5-9(6-11)10(12)13-7-8(2)3/h5,8H,4,6-7H2,1-3H3/b9-5+. The lowest BCUT2D eigenvalue weighted by Crippen LogP contribution is -2.12. The normalized spacial score (nSPS) is 11.9. The van der Waals surface area contributed by atoms with E-state index in [0.29, 0.717) is 23.4 Å². The largest absolute Gasteiger partial charge is 0.462 e. The number of allylic oxidation sites excluding steroid dienone is 1. The minimum atomic E-state index is -0.201. The van der Waals surface area contributed by atoms with E-state index >= 15 is 0 Å². The Balaban J connectivity index is 4.00. The van der Waals surface area contributed by atoms with Gasteiger partial charge in [-0.2, -0.15) is 0 Å². The maximum atomic E-state index is 11.3. The molecule has 0 aliphatic carbocycles. The Morgan fingerprint density at radius 1 is 1.54 bits per heavy atom. The van der Waals surface area contributed by atoms with Gasteiger partial charge >= 0.3 is 5.97 Å². The Labute approximate surface area is 88.5 Å². The Morgan fingerprint density at radius 3 is 2.54 bits per heavy atom. The van der Waals surface area contributed by atoms with Crippen LogP contribution in [-0.2, 0) is 9.53 Å². The van der Waals surface area contributed by atoms with Gasteiger partial charge in [-0.15, -0.1) is 0 Å². The van der Waals surface area contributed by atoms with Crippen LogP contribution in [0.2, 0.25) is 0 Å². The number of carbonyl (C=O) groups is 1. The molecule has 0 N–H and O–H groups in total. The third-order valence-corrected chi connectivity index (χ3v) is 2.01. The lowest BCUT2D eigenvalue weighted by atomic mass is 10.2. The summed E-state index contributed by atoms with van der Waals surface area (Å²) < 4.78 is 5.07. The fraction of sp³-hybridized carbons (Fsp3) is 0.700. The average molecular weight is 249 g/mol. The second-order valence-electron chi connectivity index (χ2n) is 3.26. The minimum absolute atomic E-state index is 0.201. The fourth-order valence-electron chi connectivity index (χ4n) is 0.774. The van der Waals surface area contributed by atoms with Crippen molar-refractivity contribution in [2.45, 2.75) is 27.2 Å². The first-order valence-electron chi connectivity index (χ1n) is 4.53. The predicted octanol–water partition coefficient (Wildman–Crippen LogP) is 2.92. The summed E-state index contributed by atoms with van der Waals surface area (Å²) in [5.74, 6) is 0.189. The van der Waals surface area contributed by atoms with Gasteiger partial charge in [0.2, 0.25) is 0 Å². The van der Waals surface area contributed by atoms with E-state index in [1.165, 1.54) is 0 Å². The van der Waals surface area contributed by atoms with Crippen LogP contribution in [0.1, 0.15) is 27.2 Å². The maximum Gasteiger partial charge on any atom is 0.334 e. The van der Waals surface area contributed by atoms with Gasteiger partial charge in [0, 0.05) is 10.9 Å². The van der Waals surface area contributed by atoms with Crippen LogP contribution < -0.4 is 0 Å². The minimum Gasteiger partial charge on any atom is -0.462 e. The lowest BCUT2D eigenvalue weighted by Gasteiger charge is -2.07. The van der Waals surface area contributed by atoms with E-state index < -0.39 is 0 Å². The zero-order valence-electron chi connectivity index (χ0n) is 8.47. The molecule has 0 bridgehead atoms. The van der Waals surface area contributed by atoms with Gasteiger partial charge in [-0.25, -0.2) is 4.79 Å². The van der Waals surface area contributed by atoms with E-state index in [4.69, 9.17) is 4.74 Å². The third kappa shape index (κ3) is 5.86. The fourth-order valence-corrected chi connectivity index (χ4v) is 1.23. The number of halogens is 1. The quantitative estimate of drug-likeness (QED) is 0.425. The second kappa shape index (κ2) is 7.13. The Kier molecular flexibility index (Phi) is 6.96. The SMILES string of the molecule is CC/C=C(\CBr)C(=O)OCC(C)C. The molecule has 2 nitrogen and oxygen atoms in total. The van der Waals surface area contributed by atoms with Crippen molar-refractivity contribution >= 4 is 21.9 Å². The van der Waals surface area contributed by atoms with Crippen molar-refractivity contribution in [2.24, 2.45) is 5.92 Å². The van der Waals surface area contributed by atoms with E-state index in [1.54, 1.807) is 0 Å². The molecule has 0 aromatic rings. The molecule has 0 aromatic heterocycles. The Morgan fingerprint density at radius 2 is 2.15 bits per heavy atom. The molecule has 0 fully saturated rings. The summed E-state index contributed by atoms with van der Waals surface area (Å²) in [6.45, 7) is 6.53. The summed E-state index contributed by atoms with van der Waals surface area (Å²) >= 11 is 3.26. The molecule has 0 rings (SSSR count). The van der Waals surface area contributed by atoms with Crippen LogP contribution in [-0.4, -0.2) is 17.9 Å². The molecule has 0 saturated heterocycles. The van der Waals surface area contributed by atoms with Crippen molar-refractivity contribution in [3.05, 3.63) is 11.6 Å². The van der Waals surface area contributed by atoms with Crippen molar-refractivity contribution in [3.8, 4) is 0 Å². The van der Waals surface area contributed by atoms with Crippen LogP contribution in [0.4, 0.5) is 0 Å². The number of rotatable bonds is 5. The lowest BCUT2D eigenvalue weighted by molar-refractivity contribution is -0.139. The van der Waals surface area contributed by atoms with Gasteiger partial charge in [0.25, 0.3) is 0 Å². The summed E-state index contributed by atoms with van der Waals surface area (Å²) in [7, 11) is 0. The summed E-state index contributed by atoms with van der Waals surface area (Å²) in [6, 6.07) is 0. The molecule has 0 heterocycles. The first-order valence-corrected chi connectivity index (χ1v) is 5.66. The van der Waals surface area contributed by atoms with Crippen LogP contribution in [0, 0.1) is 5.92 Å². The molecule has 0 aliphatic heterocycles. The van der Waals surface area contributed by atoms with Crippen LogP contribution in [0.5, 0.6) is 0 Å². The molecule has 0 amide bonds. The van der Waals surface area contributed by atoms with E-state index in [2.05, 4.69) is 15.9 Å². The summed E-state index contributed by atoms with van der Waals surface area (Å²) in [5.41, 5.74) is 0.711.